The largest absolute Gasteiger partial charge is 0.495 e. The molecule has 0 aliphatic carbocycles. The Hall–Kier alpha value is -2.36. The van der Waals surface area contributed by atoms with E-state index in [4.69, 9.17) is 16.3 Å². The van der Waals surface area contributed by atoms with Crippen LogP contribution in [0.25, 0.3) is 0 Å². The van der Waals surface area contributed by atoms with Crippen molar-refractivity contribution in [2.45, 2.75) is 6.92 Å². The summed E-state index contributed by atoms with van der Waals surface area (Å²) in [6.07, 6.45) is 0. The Morgan fingerprint density at radius 3 is 2.74 bits per heavy atom. The maximum Gasteiger partial charge on any atom is 0.249 e. The second-order valence-corrected chi connectivity index (χ2v) is 6.05. The van der Waals surface area contributed by atoms with Crippen LogP contribution in [0.1, 0.15) is 15.2 Å². The summed E-state index contributed by atoms with van der Waals surface area (Å²) in [5.41, 5.74) is 1.10. The highest BCUT2D eigenvalue weighted by atomic mass is 35.5. The quantitative estimate of drug-likeness (QED) is 0.660. The summed E-state index contributed by atoms with van der Waals surface area (Å²) in [5.74, 6) is -2.29. The molecule has 0 aliphatic heterocycles. The van der Waals surface area contributed by atoms with Crippen LogP contribution in [0.2, 0.25) is 5.02 Å². The van der Waals surface area contributed by atoms with Gasteiger partial charge in [0.15, 0.2) is 11.7 Å². The van der Waals surface area contributed by atoms with Gasteiger partial charge in [0.25, 0.3) is 0 Å². The highest BCUT2D eigenvalue weighted by Gasteiger charge is 2.29. The number of amides is 1. The molecule has 118 valence electrons. The number of hydrogen-bond acceptors (Lipinski definition) is 5. The summed E-state index contributed by atoms with van der Waals surface area (Å²) in [6, 6.07) is 8.22. The van der Waals surface area contributed by atoms with Crippen molar-refractivity contribution in [3.05, 3.63) is 45.1 Å². The van der Waals surface area contributed by atoms with Crippen molar-refractivity contribution < 1.29 is 14.3 Å². The van der Waals surface area contributed by atoms with Crippen molar-refractivity contribution in [3.8, 4) is 11.8 Å². The summed E-state index contributed by atoms with van der Waals surface area (Å²) >= 11 is 7.20. The fraction of sp³-hybridized carbons (Fsp3) is 0.188. The van der Waals surface area contributed by atoms with E-state index in [2.05, 4.69) is 5.32 Å². The van der Waals surface area contributed by atoms with Crippen molar-refractivity contribution >= 4 is 40.3 Å². The molecule has 1 amide bonds. The number of hydrogen-bond donors (Lipinski definition) is 1. The van der Waals surface area contributed by atoms with E-state index in [-0.39, 0.29) is 0 Å². The Morgan fingerprint density at radius 2 is 2.17 bits per heavy atom. The molecule has 1 N–H and O–H groups in total. The van der Waals surface area contributed by atoms with Crippen LogP contribution in [0.4, 0.5) is 5.69 Å². The second-order valence-electron chi connectivity index (χ2n) is 4.69. The number of ether oxygens (including phenoxy) is 1. The summed E-state index contributed by atoms with van der Waals surface area (Å²) in [7, 11) is 1.44. The van der Waals surface area contributed by atoms with Gasteiger partial charge in [0.05, 0.1) is 23.7 Å². The number of anilines is 1. The topological polar surface area (TPSA) is 79.2 Å². The standard InChI is InChI=1S/C16H13ClN2O3S/c1-9-6-12(13(22-2)7-11(9)17)19-16(21)10(8-18)15(20)14-4-3-5-23-14/h3-7,10H,1-2H3,(H,19,21)/t10-/m1/s1. The van der Waals surface area contributed by atoms with Crippen LogP contribution in [0.5, 0.6) is 5.75 Å². The average molecular weight is 349 g/mol. The zero-order valence-electron chi connectivity index (χ0n) is 12.4. The molecule has 1 aromatic heterocycles. The average Bonchev–Trinajstić information content (AvgIpc) is 3.05. The molecular formula is C16H13ClN2O3S. The Morgan fingerprint density at radius 1 is 1.43 bits per heavy atom. The van der Waals surface area contributed by atoms with Crippen LogP contribution in [-0.2, 0) is 4.79 Å². The lowest BCUT2D eigenvalue weighted by atomic mass is 10.0. The van der Waals surface area contributed by atoms with Gasteiger partial charge in [-0.15, -0.1) is 11.3 Å². The maximum absolute atomic E-state index is 12.3. The first-order chi connectivity index (χ1) is 11.0. The molecule has 2 aromatic rings. The molecule has 1 heterocycles. The first-order valence-corrected chi connectivity index (χ1v) is 7.86. The number of carbonyl (C=O) groups excluding carboxylic acids is 2. The molecule has 0 radical (unpaired) electrons. The number of Topliss-reactive ketones (excluding diaryl/α,β-unsaturated/α-hetero) is 1. The van der Waals surface area contributed by atoms with E-state index in [0.29, 0.717) is 21.3 Å². The minimum atomic E-state index is -1.42. The zero-order valence-corrected chi connectivity index (χ0v) is 14.0. The molecule has 0 saturated carbocycles. The lowest BCUT2D eigenvalue weighted by Gasteiger charge is -2.13. The van der Waals surface area contributed by atoms with Crippen LogP contribution in [0.15, 0.2) is 29.6 Å². The van der Waals surface area contributed by atoms with E-state index in [1.807, 2.05) is 0 Å². The van der Waals surface area contributed by atoms with Crippen molar-refractivity contribution in [1.82, 2.24) is 0 Å². The number of nitrogens with zero attached hydrogens (tertiary/aromatic N) is 1. The van der Waals surface area contributed by atoms with E-state index < -0.39 is 17.6 Å². The van der Waals surface area contributed by atoms with E-state index in [9.17, 15) is 14.9 Å². The maximum atomic E-state index is 12.3. The van der Waals surface area contributed by atoms with Gasteiger partial charge in [0.2, 0.25) is 5.91 Å². The predicted molar refractivity (Wildman–Crippen MR) is 89.1 cm³/mol. The smallest absolute Gasteiger partial charge is 0.249 e. The number of methoxy groups -OCH3 is 1. The summed E-state index contributed by atoms with van der Waals surface area (Å²) in [6.45, 7) is 1.77. The van der Waals surface area contributed by atoms with Gasteiger partial charge in [-0.1, -0.05) is 17.7 Å². The normalized spacial score (nSPS) is 11.4. The third-order valence-corrected chi connectivity index (χ3v) is 4.45. The number of carbonyl (C=O) groups is 2. The number of nitriles is 1. The first-order valence-electron chi connectivity index (χ1n) is 6.60. The molecule has 0 aliphatic rings. The van der Waals surface area contributed by atoms with Gasteiger partial charge in [-0.3, -0.25) is 9.59 Å². The molecule has 5 nitrogen and oxygen atoms in total. The molecule has 7 heteroatoms. The number of ketones is 1. The highest BCUT2D eigenvalue weighted by Crippen LogP contribution is 2.31. The molecule has 0 unspecified atom stereocenters. The molecule has 0 fully saturated rings. The monoisotopic (exact) mass is 348 g/mol. The molecule has 1 atom stereocenters. The summed E-state index contributed by atoms with van der Waals surface area (Å²) < 4.78 is 5.16. The number of aryl methyl sites for hydroxylation is 1. The Bertz CT molecular complexity index is 781. The van der Waals surface area contributed by atoms with E-state index >= 15 is 0 Å². The number of nitrogens with one attached hydrogen (secondary N) is 1. The van der Waals surface area contributed by atoms with Gasteiger partial charge >= 0.3 is 0 Å². The van der Waals surface area contributed by atoms with Crippen LogP contribution >= 0.6 is 22.9 Å². The molecule has 23 heavy (non-hydrogen) atoms. The van der Waals surface area contributed by atoms with E-state index in [1.54, 1.807) is 42.6 Å². The number of benzene rings is 1. The number of rotatable bonds is 5. The van der Waals surface area contributed by atoms with Gasteiger partial charge in [-0.2, -0.15) is 5.26 Å². The minimum Gasteiger partial charge on any atom is -0.495 e. The Balaban J connectivity index is 2.25. The predicted octanol–water partition coefficient (Wildman–Crippen LogP) is 3.68. The molecule has 0 bridgehead atoms. The van der Waals surface area contributed by atoms with Gasteiger partial charge in [-0.05, 0) is 30.0 Å². The Kier molecular flexibility index (Phi) is 5.37. The lowest BCUT2D eigenvalue weighted by Crippen LogP contribution is -2.28. The lowest BCUT2D eigenvalue weighted by molar-refractivity contribution is -0.117. The van der Waals surface area contributed by atoms with Gasteiger partial charge in [0, 0.05) is 11.1 Å². The Labute approximate surface area is 142 Å². The third-order valence-electron chi connectivity index (χ3n) is 3.16. The van der Waals surface area contributed by atoms with Crippen molar-refractivity contribution in [2.75, 3.05) is 12.4 Å². The van der Waals surface area contributed by atoms with Gasteiger partial charge < -0.3 is 10.1 Å². The van der Waals surface area contributed by atoms with E-state index in [0.717, 1.165) is 5.56 Å². The SMILES string of the molecule is COc1cc(Cl)c(C)cc1NC(=O)[C@H](C#N)C(=O)c1cccs1. The summed E-state index contributed by atoms with van der Waals surface area (Å²) in [4.78, 5) is 24.9. The fourth-order valence-corrected chi connectivity index (χ4v) is 2.78. The fourth-order valence-electron chi connectivity index (χ4n) is 1.93. The molecule has 2 rings (SSSR count). The molecule has 1 aromatic carbocycles. The van der Waals surface area contributed by atoms with Crippen LogP contribution in [0.3, 0.4) is 0 Å². The first kappa shape index (κ1) is 17.0. The highest BCUT2D eigenvalue weighted by molar-refractivity contribution is 7.12. The van der Waals surface area contributed by atoms with Gasteiger partial charge in [-0.25, -0.2) is 0 Å². The van der Waals surface area contributed by atoms with Crippen molar-refractivity contribution in [3.63, 3.8) is 0 Å². The summed E-state index contributed by atoms with van der Waals surface area (Å²) in [5, 5.41) is 14.0. The molecule has 0 saturated heterocycles. The van der Waals surface area contributed by atoms with Crippen molar-refractivity contribution in [1.29, 1.82) is 5.26 Å². The van der Waals surface area contributed by atoms with Crippen LogP contribution in [0, 0.1) is 24.2 Å². The van der Waals surface area contributed by atoms with Crippen LogP contribution < -0.4 is 10.1 Å². The number of thiophene rings is 1. The number of halogens is 1. The van der Waals surface area contributed by atoms with Crippen molar-refractivity contribution in [2.24, 2.45) is 5.92 Å². The zero-order chi connectivity index (χ0) is 17.0. The molecule has 0 spiro atoms. The van der Waals surface area contributed by atoms with E-state index in [1.165, 1.54) is 18.4 Å². The van der Waals surface area contributed by atoms with Gasteiger partial charge in [0.1, 0.15) is 5.75 Å². The second kappa shape index (κ2) is 7.27. The minimum absolute atomic E-state index is 0.356. The van der Waals surface area contributed by atoms with Crippen LogP contribution in [-0.4, -0.2) is 18.8 Å². The molecular weight excluding hydrogens is 336 g/mol. The third kappa shape index (κ3) is 3.70.